The standard InChI is InChI=1S/C15H16FN3O/c16-13-5-2-1-4-12(13)15(6-3-7-15)14(20)17-8-11-9-18-19-10-11/h1-2,4-5,9-10H,3,6-8H2,(H,17,20)(H,18,19). The van der Waals surface area contributed by atoms with E-state index in [9.17, 15) is 9.18 Å². The van der Waals surface area contributed by atoms with Crippen LogP contribution in [0, 0.1) is 5.82 Å². The van der Waals surface area contributed by atoms with Crippen LogP contribution in [0.2, 0.25) is 0 Å². The van der Waals surface area contributed by atoms with Gasteiger partial charge in [0.15, 0.2) is 0 Å². The zero-order valence-electron chi connectivity index (χ0n) is 11.0. The molecule has 1 aliphatic rings. The molecule has 20 heavy (non-hydrogen) atoms. The number of nitrogens with zero attached hydrogens (tertiary/aromatic N) is 1. The van der Waals surface area contributed by atoms with Crippen LogP contribution in [0.5, 0.6) is 0 Å². The summed E-state index contributed by atoms with van der Waals surface area (Å²) in [6, 6.07) is 6.56. The molecule has 1 saturated carbocycles. The van der Waals surface area contributed by atoms with E-state index in [0.717, 1.165) is 12.0 Å². The van der Waals surface area contributed by atoms with Gasteiger partial charge in [0, 0.05) is 23.9 Å². The fraction of sp³-hybridized carbons (Fsp3) is 0.333. The van der Waals surface area contributed by atoms with Gasteiger partial charge in [0.2, 0.25) is 5.91 Å². The third-order valence-electron chi connectivity index (χ3n) is 4.04. The summed E-state index contributed by atoms with van der Waals surface area (Å²) in [6.07, 6.45) is 5.75. The molecule has 1 aromatic carbocycles. The van der Waals surface area contributed by atoms with Crippen molar-refractivity contribution >= 4 is 5.91 Å². The zero-order valence-corrected chi connectivity index (χ0v) is 11.0. The van der Waals surface area contributed by atoms with Gasteiger partial charge in [-0.1, -0.05) is 24.6 Å². The van der Waals surface area contributed by atoms with Crippen LogP contribution in [0.25, 0.3) is 0 Å². The molecule has 0 radical (unpaired) electrons. The Bertz CT molecular complexity index is 605. The predicted molar refractivity (Wildman–Crippen MR) is 72.4 cm³/mol. The fourth-order valence-corrected chi connectivity index (χ4v) is 2.72. The van der Waals surface area contributed by atoms with Gasteiger partial charge < -0.3 is 5.32 Å². The van der Waals surface area contributed by atoms with Gasteiger partial charge >= 0.3 is 0 Å². The molecule has 4 nitrogen and oxygen atoms in total. The smallest absolute Gasteiger partial charge is 0.231 e. The Morgan fingerprint density at radius 3 is 2.80 bits per heavy atom. The normalized spacial score (nSPS) is 16.4. The molecule has 1 fully saturated rings. The molecule has 2 N–H and O–H groups in total. The number of hydrogen-bond acceptors (Lipinski definition) is 2. The summed E-state index contributed by atoms with van der Waals surface area (Å²) in [5, 5.41) is 9.42. The molecule has 0 unspecified atom stereocenters. The van der Waals surface area contributed by atoms with E-state index in [4.69, 9.17) is 0 Å². The van der Waals surface area contributed by atoms with Crippen LogP contribution in [0.15, 0.2) is 36.7 Å². The van der Waals surface area contributed by atoms with E-state index in [1.807, 2.05) is 0 Å². The molecule has 5 heteroatoms. The summed E-state index contributed by atoms with van der Waals surface area (Å²) in [6.45, 7) is 0.408. The number of hydrogen-bond donors (Lipinski definition) is 2. The summed E-state index contributed by atoms with van der Waals surface area (Å²) < 4.78 is 14.0. The molecule has 0 saturated heterocycles. The van der Waals surface area contributed by atoms with E-state index in [1.54, 1.807) is 30.6 Å². The highest BCUT2D eigenvalue weighted by Crippen LogP contribution is 2.44. The van der Waals surface area contributed by atoms with Gasteiger partial charge in [-0.3, -0.25) is 9.89 Å². The second-order valence-corrected chi connectivity index (χ2v) is 5.20. The van der Waals surface area contributed by atoms with Crippen LogP contribution in [0.1, 0.15) is 30.4 Å². The van der Waals surface area contributed by atoms with Gasteiger partial charge in [0.1, 0.15) is 5.82 Å². The Labute approximate surface area is 116 Å². The van der Waals surface area contributed by atoms with Gasteiger partial charge in [0.05, 0.1) is 11.6 Å². The number of carbonyl (C=O) groups excluding carboxylic acids is 1. The highest BCUT2D eigenvalue weighted by molar-refractivity contribution is 5.89. The molecule has 0 spiro atoms. The van der Waals surface area contributed by atoms with Gasteiger partial charge in [0.25, 0.3) is 0 Å². The second kappa shape index (κ2) is 5.07. The molecule has 104 valence electrons. The quantitative estimate of drug-likeness (QED) is 0.898. The first-order valence-electron chi connectivity index (χ1n) is 6.73. The van der Waals surface area contributed by atoms with Crippen molar-refractivity contribution in [1.29, 1.82) is 0 Å². The van der Waals surface area contributed by atoms with E-state index in [2.05, 4.69) is 15.5 Å². The van der Waals surface area contributed by atoms with Crippen molar-refractivity contribution in [3.63, 3.8) is 0 Å². The lowest BCUT2D eigenvalue weighted by molar-refractivity contribution is -0.130. The topological polar surface area (TPSA) is 57.8 Å². The van der Waals surface area contributed by atoms with Crippen LogP contribution in [0.3, 0.4) is 0 Å². The predicted octanol–water partition coefficient (Wildman–Crippen LogP) is 2.29. The molecule has 1 aromatic heterocycles. The molecule has 1 amide bonds. The van der Waals surface area contributed by atoms with E-state index in [-0.39, 0.29) is 11.7 Å². The number of aromatic amines is 1. The van der Waals surface area contributed by atoms with Gasteiger partial charge in [-0.25, -0.2) is 4.39 Å². The number of nitrogens with one attached hydrogen (secondary N) is 2. The molecular weight excluding hydrogens is 257 g/mol. The zero-order chi connectivity index (χ0) is 14.0. The second-order valence-electron chi connectivity index (χ2n) is 5.20. The maximum absolute atomic E-state index is 14.0. The van der Waals surface area contributed by atoms with Gasteiger partial charge in [-0.05, 0) is 18.9 Å². The van der Waals surface area contributed by atoms with E-state index < -0.39 is 5.41 Å². The Kier molecular flexibility index (Phi) is 3.26. The molecule has 3 rings (SSSR count). The van der Waals surface area contributed by atoms with E-state index in [1.165, 1.54) is 6.07 Å². The molecule has 0 bridgehead atoms. The summed E-state index contributed by atoms with van der Waals surface area (Å²) in [7, 11) is 0. The maximum atomic E-state index is 14.0. The first kappa shape index (κ1) is 12.8. The minimum absolute atomic E-state index is 0.102. The van der Waals surface area contributed by atoms with Crippen molar-refractivity contribution in [2.24, 2.45) is 0 Å². The number of halogens is 1. The van der Waals surface area contributed by atoms with Crippen LogP contribution >= 0.6 is 0 Å². The lowest BCUT2D eigenvalue weighted by atomic mass is 9.63. The van der Waals surface area contributed by atoms with Crippen molar-refractivity contribution in [2.45, 2.75) is 31.2 Å². The lowest BCUT2D eigenvalue weighted by Gasteiger charge is -2.40. The van der Waals surface area contributed by atoms with Gasteiger partial charge in [-0.2, -0.15) is 5.10 Å². The minimum atomic E-state index is -0.699. The first-order valence-corrected chi connectivity index (χ1v) is 6.73. The third-order valence-corrected chi connectivity index (χ3v) is 4.04. The summed E-state index contributed by atoms with van der Waals surface area (Å²) in [5.74, 6) is -0.402. The van der Waals surface area contributed by atoms with E-state index >= 15 is 0 Å². The number of amides is 1. The Morgan fingerprint density at radius 2 is 2.20 bits per heavy atom. The van der Waals surface area contributed by atoms with Crippen LogP contribution in [-0.2, 0) is 16.8 Å². The Morgan fingerprint density at radius 1 is 1.40 bits per heavy atom. The lowest BCUT2D eigenvalue weighted by Crippen LogP contribution is -2.49. The Balaban J connectivity index is 1.79. The number of benzene rings is 1. The van der Waals surface area contributed by atoms with Crippen molar-refractivity contribution in [1.82, 2.24) is 15.5 Å². The first-order chi connectivity index (χ1) is 9.72. The maximum Gasteiger partial charge on any atom is 0.231 e. The molecule has 0 aliphatic heterocycles. The number of carbonyl (C=O) groups is 1. The van der Waals surface area contributed by atoms with Crippen molar-refractivity contribution in [3.8, 4) is 0 Å². The van der Waals surface area contributed by atoms with Crippen molar-refractivity contribution in [2.75, 3.05) is 0 Å². The molecule has 2 aromatic rings. The fourth-order valence-electron chi connectivity index (χ4n) is 2.72. The van der Waals surface area contributed by atoms with Crippen molar-refractivity contribution < 1.29 is 9.18 Å². The average Bonchev–Trinajstić information content (AvgIpc) is 2.90. The highest BCUT2D eigenvalue weighted by Gasteiger charge is 2.46. The minimum Gasteiger partial charge on any atom is -0.351 e. The summed E-state index contributed by atoms with van der Waals surface area (Å²) in [4.78, 5) is 12.5. The van der Waals surface area contributed by atoms with Crippen LogP contribution < -0.4 is 5.32 Å². The average molecular weight is 273 g/mol. The largest absolute Gasteiger partial charge is 0.351 e. The van der Waals surface area contributed by atoms with Crippen molar-refractivity contribution in [3.05, 3.63) is 53.6 Å². The number of H-pyrrole nitrogens is 1. The van der Waals surface area contributed by atoms with Crippen LogP contribution in [0.4, 0.5) is 4.39 Å². The highest BCUT2D eigenvalue weighted by atomic mass is 19.1. The third kappa shape index (κ3) is 2.09. The Hall–Kier alpha value is -2.17. The number of rotatable bonds is 4. The van der Waals surface area contributed by atoms with Crippen LogP contribution in [-0.4, -0.2) is 16.1 Å². The summed E-state index contributed by atoms with van der Waals surface area (Å²) >= 11 is 0. The number of aromatic nitrogens is 2. The molecular formula is C15H16FN3O. The van der Waals surface area contributed by atoms with Gasteiger partial charge in [-0.15, -0.1) is 0 Å². The molecule has 1 aliphatic carbocycles. The monoisotopic (exact) mass is 273 g/mol. The molecule has 0 atom stereocenters. The van der Waals surface area contributed by atoms with E-state index in [0.29, 0.717) is 24.9 Å². The SMILES string of the molecule is O=C(NCc1cn[nH]c1)C1(c2ccccc2F)CCC1. The summed E-state index contributed by atoms with van der Waals surface area (Å²) in [5.41, 5.74) is 0.715. The molecule has 1 heterocycles.